The minimum Gasteiger partial charge on any atom is -0.393 e. The van der Waals surface area contributed by atoms with E-state index in [0.29, 0.717) is 13.0 Å². The van der Waals surface area contributed by atoms with E-state index in [1.54, 1.807) is 0 Å². The smallest absolute Gasteiger partial charge is 0.223 e. The molecule has 1 saturated carbocycles. The fraction of sp³-hybridized carbons (Fsp3) is 0.588. The van der Waals surface area contributed by atoms with E-state index < -0.39 is 0 Å². The number of hydrogen-bond acceptors (Lipinski definition) is 3. The van der Waals surface area contributed by atoms with Crippen LogP contribution >= 0.6 is 11.8 Å². The van der Waals surface area contributed by atoms with E-state index in [-0.39, 0.29) is 17.9 Å². The number of thioether (sulfide) groups is 1. The minimum absolute atomic E-state index is 0.00937. The third-order valence-corrected chi connectivity index (χ3v) is 5.09. The highest BCUT2D eigenvalue weighted by Crippen LogP contribution is 2.24. The maximum Gasteiger partial charge on any atom is 0.223 e. The number of aliphatic hydroxyl groups excluding tert-OH is 1. The highest BCUT2D eigenvalue weighted by atomic mass is 32.2. The molecule has 0 unspecified atom stereocenters. The summed E-state index contributed by atoms with van der Waals surface area (Å²) in [6.45, 7) is 2.84. The number of aliphatic hydroxyl groups is 1. The van der Waals surface area contributed by atoms with Gasteiger partial charge in [0.15, 0.2) is 0 Å². The molecule has 1 amide bonds. The van der Waals surface area contributed by atoms with Crippen molar-refractivity contribution in [2.45, 2.75) is 44.5 Å². The molecule has 2 N–H and O–H groups in total. The van der Waals surface area contributed by atoms with Crippen LogP contribution in [-0.4, -0.2) is 29.4 Å². The average molecular weight is 307 g/mol. The van der Waals surface area contributed by atoms with Gasteiger partial charge in [-0.2, -0.15) is 11.8 Å². The summed E-state index contributed by atoms with van der Waals surface area (Å²) in [5, 5.41) is 12.6. The Bertz CT molecular complexity index is 464. The minimum atomic E-state index is -0.287. The van der Waals surface area contributed by atoms with E-state index in [0.717, 1.165) is 30.8 Å². The highest BCUT2D eigenvalue weighted by Gasteiger charge is 2.25. The van der Waals surface area contributed by atoms with Gasteiger partial charge in [-0.3, -0.25) is 4.79 Å². The van der Waals surface area contributed by atoms with Gasteiger partial charge in [-0.05, 0) is 37.3 Å². The molecule has 0 aliphatic heterocycles. The van der Waals surface area contributed by atoms with E-state index in [1.807, 2.05) is 11.8 Å². The van der Waals surface area contributed by atoms with Gasteiger partial charge in [0.2, 0.25) is 5.91 Å². The molecule has 21 heavy (non-hydrogen) atoms. The Morgan fingerprint density at radius 3 is 2.95 bits per heavy atom. The molecule has 0 aromatic heterocycles. The zero-order valence-electron chi connectivity index (χ0n) is 12.7. The van der Waals surface area contributed by atoms with Crippen molar-refractivity contribution in [3.05, 3.63) is 35.4 Å². The molecule has 1 aromatic carbocycles. The van der Waals surface area contributed by atoms with Crippen LogP contribution in [0, 0.1) is 12.8 Å². The maximum atomic E-state index is 12.0. The molecular formula is C17H25NO2S. The van der Waals surface area contributed by atoms with Gasteiger partial charge in [0, 0.05) is 24.0 Å². The van der Waals surface area contributed by atoms with Crippen molar-refractivity contribution >= 4 is 17.7 Å². The Morgan fingerprint density at radius 1 is 1.38 bits per heavy atom. The number of carbonyl (C=O) groups excluding carboxylic acids is 1. The predicted molar refractivity (Wildman–Crippen MR) is 88.3 cm³/mol. The molecule has 0 bridgehead atoms. The summed E-state index contributed by atoms with van der Waals surface area (Å²) >= 11 is 1.85. The van der Waals surface area contributed by atoms with Gasteiger partial charge in [-0.25, -0.2) is 0 Å². The van der Waals surface area contributed by atoms with E-state index in [4.69, 9.17) is 0 Å². The molecular weight excluding hydrogens is 282 g/mol. The third-order valence-electron chi connectivity index (χ3n) is 4.08. The molecule has 0 spiro atoms. The van der Waals surface area contributed by atoms with Crippen LogP contribution in [0.3, 0.4) is 0 Å². The normalized spacial score (nSPS) is 22.0. The van der Waals surface area contributed by atoms with Crippen LogP contribution in [0.2, 0.25) is 0 Å². The third kappa shape index (κ3) is 5.36. The molecule has 1 fully saturated rings. The number of amides is 1. The van der Waals surface area contributed by atoms with Crippen LogP contribution in [-0.2, 0) is 10.5 Å². The van der Waals surface area contributed by atoms with Gasteiger partial charge < -0.3 is 10.4 Å². The van der Waals surface area contributed by atoms with Crippen molar-refractivity contribution in [3.8, 4) is 0 Å². The molecule has 3 nitrogen and oxygen atoms in total. The summed E-state index contributed by atoms with van der Waals surface area (Å²) in [4.78, 5) is 12.0. The topological polar surface area (TPSA) is 49.3 Å². The monoisotopic (exact) mass is 307 g/mol. The Labute approximate surface area is 131 Å². The van der Waals surface area contributed by atoms with Crippen molar-refractivity contribution < 1.29 is 9.90 Å². The van der Waals surface area contributed by atoms with Crippen molar-refractivity contribution in [2.75, 3.05) is 12.3 Å². The molecule has 1 aliphatic carbocycles. The van der Waals surface area contributed by atoms with Crippen LogP contribution in [0.25, 0.3) is 0 Å². The van der Waals surface area contributed by atoms with Crippen molar-refractivity contribution in [1.29, 1.82) is 0 Å². The molecule has 2 atom stereocenters. The second kappa shape index (κ2) is 8.44. The van der Waals surface area contributed by atoms with E-state index in [2.05, 4.69) is 36.5 Å². The summed E-state index contributed by atoms with van der Waals surface area (Å²) in [6.07, 6.45) is 3.06. The highest BCUT2D eigenvalue weighted by molar-refractivity contribution is 7.98. The first-order chi connectivity index (χ1) is 10.2. The van der Waals surface area contributed by atoms with E-state index in [9.17, 15) is 9.90 Å². The molecule has 1 aliphatic rings. The molecule has 1 aromatic rings. The predicted octanol–water partition coefficient (Wildman–Crippen LogP) is 2.90. The first kappa shape index (κ1) is 16.4. The Morgan fingerprint density at radius 2 is 2.19 bits per heavy atom. The zero-order valence-corrected chi connectivity index (χ0v) is 13.5. The maximum absolute atomic E-state index is 12.0. The molecule has 116 valence electrons. The Balaban J connectivity index is 1.61. The largest absolute Gasteiger partial charge is 0.393 e. The van der Waals surface area contributed by atoms with Crippen LogP contribution in [0.15, 0.2) is 24.3 Å². The summed E-state index contributed by atoms with van der Waals surface area (Å²) < 4.78 is 0. The van der Waals surface area contributed by atoms with Crippen molar-refractivity contribution in [2.24, 2.45) is 5.92 Å². The lowest BCUT2D eigenvalue weighted by molar-refractivity contribution is -0.127. The SMILES string of the molecule is Cc1ccccc1CSCCNC(=O)[C@@H]1CCC[C@@H](O)C1. The second-order valence-electron chi connectivity index (χ2n) is 5.79. The van der Waals surface area contributed by atoms with E-state index in [1.165, 1.54) is 11.1 Å². The first-order valence-electron chi connectivity index (χ1n) is 7.75. The van der Waals surface area contributed by atoms with Gasteiger partial charge in [0.1, 0.15) is 0 Å². The quantitative estimate of drug-likeness (QED) is 0.795. The van der Waals surface area contributed by atoms with Gasteiger partial charge in [0.25, 0.3) is 0 Å². The number of nitrogens with one attached hydrogen (secondary N) is 1. The molecule has 2 rings (SSSR count). The zero-order chi connectivity index (χ0) is 15.1. The molecule has 0 heterocycles. The van der Waals surface area contributed by atoms with Gasteiger partial charge in [0.05, 0.1) is 6.10 Å². The van der Waals surface area contributed by atoms with Crippen molar-refractivity contribution in [1.82, 2.24) is 5.32 Å². The Hall–Kier alpha value is -1.00. The second-order valence-corrected chi connectivity index (χ2v) is 6.89. The lowest BCUT2D eigenvalue weighted by Gasteiger charge is -2.24. The first-order valence-corrected chi connectivity index (χ1v) is 8.90. The number of aryl methyl sites for hydroxylation is 1. The standard InChI is InChI=1S/C17H25NO2S/c1-13-5-2-3-6-15(13)12-21-10-9-18-17(20)14-7-4-8-16(19)11-14/h2-3,5-6,14,16,19H,4,7-12H2,1H3,(H,18,20)/t14-,16-/m1/s1. The lowest BCUT2D eigenvalue weighted by atomic mass is 9.87. The molecule has 0 saturated heterocycles. The number of benzene rings is 1. The van der Waals surface area contributed by atoms with Gasteiger partial charge in [-0.15, -0.1) is 0 Å². The fourth-order valence-corrected chi connectivity index (χ4v) is 3.68. The number of rotatable bonds is 6. The van der Waals surface area contributed by atoms with E-state index >= 15 is 0 Å². The van der Waals surface area contributed by atoms with Crippen LogP contribution in [0.4, 0.5) is 0 Å². The number of carbonyl (C=O) groups is 1. The molecule has 4 heteroatoms. The summed E-state index contributed by atoms with van der Waals surface area (Å²) in [6, 6.07) is 8.41. The number of hydrogen-bond donors (Lipinski definition) is 2. The lowest BCUT2D eigenvalue weighted by Crippen LogP contribution is -2.36. The van der Waals surface area contributed by atoms with Gasteiger partial charge >= 0.3 is 0 Å². The van der Waals surface area contributed by atoms with Gasteiger partial charge in [-0.1, -0.05) is 30.7 Å². The summed E-state index contributed by atoms with van der Waals surface area (Å²) in [5.74, 6) is 2.04. The van der Waals surface area contributed by atoms with Crippen LogP contribution in [0.1, 0.15) is 36.8 Å². The fourth-order valence-electron chi connectivity index (χ4n) is 2.75. The van der Waals surface area contributed by atoms with Crippen LogP contribution in [0.5, 0.6) is 0 Å². The summed E-state index contributed by atoms with van der Waals surface area (Å²) in [5.41, 5.74) is 2.69. The van der Waals surface area contributed by atoms with Crippen molar-refractivity contribution in [3.63, 3.8) is 0 Å². The Kier molecular flexibility index (Phi) is 6.58. The van der Waals surface area contributed by atoms with Crippen LogP contribution < -0.4 is 5.32 Å². The average Bonchev–Trinajstić information content (AvgIpc) is 2.48. The molecule has 0 radical (unpaired) electrons. The summed E-state index contributed by atoms with van der Waals surface area (Å²) in [7, 11) is 0.